The average Bonchev–Trinajstić information content (AvgIpc) is 3.61. The molecule has 47 heavy (non-hydrogen) atoms. The number of nitrogens with one attached hydrogen (secondary N) is 2. The Bertz CT molecular complexity index is 1520. The van der Waals surface area contributed by atoms with E-state index in [0.717, 1.165) is 43.7 Å². The third-order valence-electron chi connectivity index (χ3n) is 15.8. The van der Waals surface area contributed by atoms with Gasteiger partial charge in [0.2, 0.25) is 0 Å². The van der Waals surface area contributed by atoms with Crippen molar-refractivity contribution in [2.45, 2.75) is 117 Å². The van der Waals surface area contributed by atoms with Crippen LogP contribution in [0.1, 0.15) is 121 Å². The van der Waals surface area contributed by atoms with E-state index in [0.29, 0.717) is 33.8 Å². The zero-order valence-corrected chi connectivity index (χ0v) is 30.7. The first-order valence-corrected chi connectivity index (χ1v) is 20.6. The van der Waals surface area contributed by atoms with Crippen molar-refractivity contribution in [3.63, 3.8) is 0 Å². The number of hydrogen-bond acceptors (Lipinski definition) is 6. The highest BCUT2D eigenvalue weighted by atomic mass is 32.2. The van der Waals surface area contributed by atoms with Crippen molar-refractivity contribution < 1.29 is 17.9 Å². The lowest BCUT2D eigenvalue weighted by Crippen LogP contribution is -2.67. The molecule has 7 heteroatoms. The quantitative estimate of drug-likeness (QED) is 0.233. The van der Waals surface area contributed by atoms with Crippen molar-refractivity contribution in [2.24, 2.45) is 45.3 Å². The molecule has 0 aromatic heterocycles. The van der Waals surface area contributed by atoms with E-state index in [9.17, 15) is 13.2 Å². The van der Waals surface area contributed by atoms with Crippen molar-refractivity contribution in [2.75, 3.05) is 31.7 Å². The fraction of sp³-hybridized carbons (Fsp3) is 0.775. The van der Waals surface area contributed by atoms with Crippen LogP contribution in [0.15, 0.2) is 30.3 Å². The maximum atomic E-state index is 12.1. The minimum atomic E-state index is -2.84. The van der Waals surface area contributed by atoms with Crippen LogP contribution in [0, 0.1) is 45.3 Å². The monoisotopic (exact) mass is 664 g/mol. The summed E-state index contributed by atoms with van der Waals surface area (Å²) in [5.74, 6) is 3.25. The minimum absolute atomic E-state index is 0.0622. The lowest BCUT2D eigenvalue weighted by molar-refractivity contribution is -0.216. The summed E-state index contributed by atoms with van der Waals surface area (Å²) in [5.41, 5.74) is 4.60. The third-order valence-corrected chi connectivity index (χ3v) is 17.6. The van der Waals surface area contributed by atoms with Gasteiger partial charge in [-0.15, -0.1) is 0 Å². The Morgan fingerprint density at radius 3 is 2.32 bits per heavy atom. The molecular weight excluding hydrogens is 605 g/mol. The van der Waals surface area contributed by atoms with Crippen LogP contribution >= 0.6 is 0 Å². The van der Waals surface area contributed by atoms with Gasteiger partial charge in [-0.25, -0.2) is 13.2 Å². The Morgan fingerprint density at radius 2 is 1.62 bits per heavy atom. The summed E-state index contributed by atoms with van der Waals surface area (Å²) in [4.78, 5) is 12.1. The fourth-order valence-corrected chi connectivity index (χ4v) is 15.1. The van der Waals surface area contributed by atoms with Gasteiger partial charge < -0.3 is 15.4 Å². The zero-order chi connectivity index (χ0) is 33.5. The van der Waals surface area contributed by atoms with Gasteiger partial charge in [-0.3, -0.25) is 0 Å². The number of methoxy groups -OCH3 is 1. The Labute approximate surface area is 284 Å². The van der Waals surface area contributed by atoms with Gasteiger partial charge in [-0.05, 0) is 133 Å². The molecule has 1 aromatic rings. The number of hydrogen-bond donors (Lipinski definition) is 2. The molecule has 2 N–H and O–H groups in total. The van der Waals surface area contributed by atoms with E-state index >= 15 is 0 Å². The van der Waals surface area contributed by atoms with Crippen LogP contribution in [0.5, 0.6) is 0 Å². The number of carbonyl (C=O) groups excluding carboxylic acids is 1. The summed E-state index contributed by atoms with van der Waals surface area (Å²) in [6.45, 7) is 14.9. The molecule has 1 saturated heterocycles. The molecule has 4 unspecified atom stereocenters. The lowest BCUT2D eigenvalue weighted by atomic mass is 9.33. The number of allylic oxidation sites excluding steroid dienone is 2. The topological polar surface area (TPSA) is 84.5 Å². The molecule has 5 aliphatic carbocycles. The highest BCUT2D eigenvalue weighted by molar-refractivity contribution is 7.91. The number of sulfone groups is 1. The summed E-state index contributed by atoms with van der Waals surface area (Å²) in [6.07, 6.45) is 16.4. The molecule has 1 aromatic carbocycles. The molecule has 6 nitrogen and oxygen atoms in total. The number of fused-ring (bicyclic) bond motifs is 7. The van der Waals surface area contributed by atoms with Gasteiger partial charge in [0.15, 0.2) is 9.84 Å². The van der Waals surface area contributed by atoms with Crippen molar-refractivity contribution in [1.82, 2.24) is 10.6 Å². The molecule has 0 spiro atoms. The van der Waals surface area contributed by atoms with E-state index in [1.54, 1.807) is 0 Å². The molecule has 0 amide bonds. The lowest BCUT2D eigenvalue weighted by Gasteiger charge is -2.72. The van der Waals surface area contributed by atoms with Crippen LogP contribution in [0.4, 0.5) is 0 Å². The van der Waals surface area contributed by atoms with Crippen molar-refractivity contribution in [1.29, 1.82) is 0 Å². The fourth-order valence-electron chi connectivity index (χ4n) is 13.4. The summed E-state index contributed by atoms with van der Waals surface area (Å²) in [6, 6.07) is 8.22. The standard InChI is InChI=1S/C40H60N2O4S/c1-36(2)30(27-9-11-28(12-10-27)35(43)46-6)15-19-37(3)33(36)16-20-39(5)34(37)14-13-31-32-8-7-18-40(32,22-21-38(31,39)4)42-24-23-41-29-17-25-47(44,45)26-29/h9-12,15,29,31-34,41-42H,7-8,13-14,16-26H2,1-6H3/t29?,31-,32?,33?,34?,37+,38-,39-,40+/m1/s1. The average molecular weight is 665 g/mol. The minimum Gasteiger partial charge on any atom is -0.465 e. The Hall–Kier alpha value is -1.70. The Kier molecular flexibility index (Phi) is 8.40. The van der Waals surface area contributed by atoms with Gasteiger partial charge in [-0.1, -0.05) is 59.2 Å². The van der Waals surface area contributed by atoms with E-state index in [4.69, 9.17) is 4.74 Å². The van der Waals surface area contributed by atoms with Crippen molar-refractivity contribution in [3.05, 3.63) is 41.5 Å². The van der Waals surface area contributed by atoms with Crippen LogP contribution in [0.25, 0.3) is 5.57 Å². The third kappa shape index (κ3) is 5.21. The normalized spacial score (nSPS) is 43.2. The van der Waals surface area contributed by atoms with Gasteiger partial charge in [0.05, 0.1) is 24.2 Å². The first kappa shape index (κ1) is 33.8. The summed E-state index contributed by atoms with van der Waals surface area (Å²) < 4.78 is 28.8. The van der Waals surface area contributed by atoms with Crippen molar-refractivity contribution in [3.8, 4) is 0 Å². The van der Waals surface area contributed by atoms with E-state index in [1.165, 1.54) is 76.0 Å². The first-order valence-electron chi connectivity index (χ1n) is 18.8. The van der Waals surface area contributed by atoms with Gasteiger partial charge in [0.25, 0.3) is 0 Å². The summed E-state index contributed by atoms with van der Waals surface area (Å²) in [7, 11) is -1.40. The number of ether oxygens (including phenoxy) is 1. The molecule has 4 saturated carbocycles. The zero-order valence-electron chi connectivity index (χ0n) is 29.9. The first-order chi connectivity index (χ1) is 22.2. The summed E-state index contributed by atoms with van der Waals surface area (Å²) >= 11 is 0. The maximum absolute atomic E-state index is 12.1. The molecule has 1 heterocycles. The molecule has 260 valence electrons. The number of esters is 1. The predicted molar refractivity (Wildman–Crippen MR) is 190 cm³/mol. The molecule has 5 fully saturated rings. The van der Waals surface area contributed by atoms with Crippen LogP contribution in [-0.4, -0.2) is 57.7 Å². The molecule has 7 rings (SSSR count). The second-order valence-corrected chi connectivity index (χ2v) is 20.1. The Balaban J connectivity index is 1.09. The van der Waals surface area contributed by atoms with Gasteiger partial charge in [0.1, 0.15) is 0 Å². The van der Waals surface area contributed by atoms with Gasteiger partial charge in [0, 0.05) is 24.7 Å². The Morgan fingerprint density at radius 1 is 0.851 bits per heavy atom. The van der Waals surface area contributed by atoms with Crippen LogP contribution in [0.2, 0.25) is 0 Å². The highest BCUT2D eigenvalue weighted by Gasteiger charge is 2.69. The van der Waals surface area contributed by atoms with Crippen LogP contribution in [0.3, 0.4) is 0 Å². The predicted octanol–water partition coefficient (Wildman–Crippen LogP) is 7.44. The van der Waals surface area contributed by atoms with E-state index in [-0.39, 0.29) is 28.4 Å². The number of benzene rings is 1. The largest absolute Gasteiger partial charge is 0.465 e. The second kappa shape index (κ2) is 11.7. The van der Waals surface area contributed by atoms with Crippen LogP contribution < -0.4 is 10.6 Å². The molecule has 0 radical (unpaired) electrons. The van der Waals surface area contributed by atoms with E-state index in [1.807, 2.05) is 12.1 Å². The molecule has 1 aliphatic heterocycles. The molecule has 6 aliphatic rings. The number of carbonyl (C=O) groups is 1. The summed E-state index contributed by atoms with van der Waals surface area (Å²) in [5, 5.41) is 7.68. The van der Waals surface area contributed by atoms with Crippen LogP contribution in [-0.2, 0) is 14.6 Å². The molecular formula is C40H60N2O4S. The SMILES string of the molecule is COC(=O)c1ccc(C2=CC[C@@]3(C)C(CC[C@]4(C)C3CC[C@@H]3C5CCC[C@]5(NCCNC5CCS(=O)(=O)C5)CC[C@]34C)C2(C)C)cc1. The van der Waals surface area contributed by atoms with E-state index in [2.05, 4.69) is 63.5 Å². The smallest absolute Gasteiger partial charge is 0.337 e. The molecule has 0 bridgehead atoms. The second-order valence-electron chi connectivity index (χ2n) is 17.9. The maximum Gasteiger partial charge on any atom is 0.337 e. The van der Waals surface area contributed by atoms with Gasteiger partial charge >= 0.3 is 5.97 Å². The van der Waals surface area contributed by atoms with E-state index < -0.39 is 9.84 Å². The van der Waals surface area contributed by atoms with Crippen molar-refractivity contribution >= 4 is 21.4 Å². The molecule has 9 atom stereocenters. The van der Waals surface area contributed by atoms with Gasteiger partial charge in [-0.2, -0.15) is 0 Å². The highest BCUT2D eigenvalue weighted by Crippen LogP contribution is 2.76. The number of rotatable bonds is 7.